The molecule has 1 atom stereocenters. The number of nitrogens with zero attached hydrogens (tertiary/aromatic N) is 4. The van der Waals surface area contributed by atoms with Crippen LogP contribution in [-0.2, 0) is 17.5 Å². The summed E-state index contributed by atoms with van der Waals surface area (Å²) in [5, 5.41) is 17.4. The van der Waals surface area contributed by atoms with Gasteiger partial charge in [0.25, 0.3) is 11.6 Å². The predicted molar refractivity (Wildman–Crippen MR) is 243 cm³/mol. The molecule has 4 aromatic carbocycles. The van der Waals surface area contributed by atoms with Gasteiger partial charge in [-0.25, -0.2) is 9.19 Å². The Morgan fingerprint density at radius 3 is 2.43 bits per heavy atom. The number of rotatable bonds is 13. The van der Waals surface area contributed by atoms with Gasteiger partial charge in [-0.1, -0.05) is 54.8 Å². The molecule has 1 aliphatic carbocycles. The molecule has 1 saturated heterocycles. The van der Waals surface area contributed by atoms with E-state index < -0.39 is 21.8 Å². The molecular formula is C46H45Cl2N7O5S. The van der Waals surface area contributed by atoms with Gasteiger partial charge < -0.3 is 19.9 Å². The smallest absolute Gasteiger partial charge is 0.275 e. The van der Waals surface area contributed by atoms with Crippen LogP contribution in [0.1, 0.15) is 54.6 Å². The van der Waals surface area contributed by atoms with Crippen LogP contribution in [0.15, 0.2) is 120 Å². The van der Waals surface area contributed by atoms with Crippen molar-refractivity contribution >= 4 is 73.8 Å². The third-order valence-corrected chi connectivity index (χ3v) is 12.9. The highest BCUT2D eigenvalue weighted by Crippen LogP contribution is 2.43. The summed E-state index contributed by atoms with van der Waals surface area (Å²) >= 11 is 12.2. The molecule has 0 saturated carbocycles. The molecule has 0 bridgehead atoms. The van der Waals surface area contributed by atoms with Gasteiger partial charge in [0, 0.05) is 95.5 Å². The highest BCUT2D eigenvalue weighted by Gasteiger charge is 2.30. The summed E-state index contributed by atoms with van der Waals surface area (Å²) < 4.78 is 22.9. The van der Waals surface area contributed by atoms with E-state index in [1.807, 2.05) is 36.4 Å². The average Bonchev–Trinajstić information content (AvgIpc) is 3.72. The Hall–Kier alpha value is -5.73. The highest BCUT2D eigenvalue weighted by atomic mass is 35.5. The number of hydrogen-bond acceptors (Lipinski definition) is 9. The fourth-order valence-electron chi connectivity index (χ4n) is 7.91. The lowest BCUT2D eigenvalue weighted by molar-refractivity contribution is -0.385. The van der Waals surface area contributed by atoms with Gasteiger partial charge in [0.15, 0.2) is 11.0 Å². The minimum Gasteiger partial charge on any atom is -0.454 e. The molecule has 15 heteroatoms. The summed E-state index contributed by atoms with van der Waals surface area (Å²) in [6.45, 7) is 9.00. The molecule has 3 N–H and O–H groups in total. The number of aromatic nitrogens is 2. The lowest BCUT2D eigenvalue weighted by atomic mass is 9.72. The van der Waals surface area contributed by atoms with Crippen molar-refractivity contribution in [2.75, 3.05) is 42.9 Å². The third-order valence-electron chi connectivity index (χ3n) is 11.3. The number of amides is 1. The standard InChI is InChI=1S/C46H45Cl2N7O5S/c1-46(2)17-15-34(40(26-46)30-5-7-35(47)8-6-30)29-53-19-21-54(22-20-53)38-13-14-43(42(25-38)60-39-23-31-16-18-49-44(31)51-28-39)61(59)52-45(56)32-3-4-33(41(24-32)55(57)58)27-50-37-11-9-36(48)10-12-37/h3-14,16,18,23-25,28,50H,15,17,19-22,26-27,29H2,1-2H3,(H,49,51)(H,52,56). The predicted octanol–water partition coefficient (Wildman–Crippen LogP) is 10.4. The van der Waals surface area contributed by atoms with Crippen LogP contribution in [0.4, 0.5) is 17.1 Å². The summed E-state index contributed by atoms with van der Waals surface area (Å²) in [6.07, 6.45) is 6.61. The molecule has 0 spiro atoms. The molecule has 0 radical (unpaired) electrons. The maximum atomic E-state index is 14.0. The Bertz CT molecular complexity index is 2640. The number of carbonyl (C=O) groups is 1. The van der Waals surface area contributed by atoms with Crippen LogP contribution in [0.25, 0.3) is 16.6 Å². The molecule has 6 aromatic rings. The largest absolute Gasteiger partial charge is 0.454 e. The lowest BCUT2D eigenvalue weighted by Crippen LogP contribution is -2.47. The highest BCUT2D eigenvalue weighted by molar-refractivity contribution is 7.83. The molecule has 1 fully saturated rings. The number of halogens is 2. The number of piperazine rings is 1. The van der Waals surface area contributed by atoms with Crippen molar-refractivity contribution in [2.45, 2.75) is 44.6 Å². The number of fused-ring (bicyclic) bond motifs is 1. The second-order valence-electron chi connectivity index (χ2n) is 16.2. The number of H-pyrrole nitrogens is 1. The molecule has 2 aromatic heterocycles. The molecule has 1 amide bonds. The van der Waals surface area contributed by atoms with Crippen LogP contribution in [0.3, 0.4) is 0 Å². The number of aromatic amines is 1. The first-order chi connectivity index (χ1) is 29.4. The molecule has 314 valence electrons. The Morgan fingerprint density at radius 2 is 1.69 bits per heavy atom. The minimum atomic E-state index is -2.10. The van der Waals surface area contributed by atoms with Gasteiger partial charge in [-0.15, -0.1) is 0 Å². The quantitative estimate of drug-likeness (QED) is 0.0762. The van der Waals surface area contributed by atoms with E-state index in [-0.39, 0.29) is 33.9 Å². The van der Waals surface area contributed by atoms with E-state index in [1.54, 1.807) is 42.7 Å². The van der Waals surface area contributed by atoms with Crippen LogP contribution in [0.2, 0.25) is 10.0 Å². The van der Waals surface area contributed by atoms with Gasteiger partial charge in [-0.2, -0.15) is 0 Å². The number of hydrogen-bond donors (Lipinski definition) is 3. The number of nitrogens with one attached hydrogen (secondary N) is 3. The number of anilines is 2. The maximum absolute atomic E-state index is 14.0. The minimum absolute atomic E-state index is 0.0117. The number of pyridine rings is 1. The lowest BCUT2D eigenvalue weighted by Gasteiger charge is -2.39. The van der Waals surface area contributed by atoms with E-state index in [0.717, 1.165) is 73.8 Å². The SMILES string of the molecule is CC1(C)CCC(CN2CCN(c3ccc(S(=O)NC(=O)c4ccc(CNc5ccc(Cl)cc5)c([N+](=O)[O-])c4)c(Oc4cnc5[nH]ccc5c4)c3)CC2)=C(c2ccc(Cl)cc2)C1. The van der Waals surface area contributed by atoms with Crippen LogP contribution in [0, 0.1) is 15.5 Å². The van der Waals surface area contributed by atoms with Gasteiger partial charge in [-0.05, 0) is 109 Å². The third kappa shape index (κ3) is 10.1. The topological polar surface area (TPSA) is 146 Å². The van der Waals surface area contributed by atoms with Crippen LogP contribution in [-0.4, -0.2) is 62.6 Å². The maximum Gasteiger partial charge on any atom is 0.275 e. The van der Waals surface area contributed by atoms with Gasteiger partial charge in [0.05, 0.1) is 11.1 Å². The van der Waals surface area contributed by atoms with Crippen LogP contribution in [0.5, 0.6) is 11.5 Å². The number of nitro benzene ring substituents is 1. The van der Waals surface area contributed by atoms with Crippen molar-refractivity contribution in [3.63, 3.8) is 0 Å². The summed E-state index contributed by atoms with van der Waals surface area (Å²) in [4.78, 5) is 37.6. The van der Waals surface area contributed by atoms with Crippen LogP contribution < -0.4 is 19.7 Å². The van der Waals surface area contributed by atoms with Gasteiger partial charge in [0.2, 0.25) is 0 Å². The fraction of sp³-hybridized carbons (Fsp3) is 0.261. The van der Waals surface area contributed by atoms with Gasteiger partial charge in [-0.3, -0.25) is 24.5 Å². The molecule has 1 unspecified atom stereocenters. The number of benzene rings is 4. The van der Waals surface area contributed by atoms with Crippen molar-refractivity contribution in [1.82, 2.24) is 19.6 Å². The Kier molecular flexibility index (Phi) is 12.4. The zero-order valence-corrected chi connectivity index (χ0v) is 36.1. The number of allylic oxidation sites excluding steroid dienone is 1. The van der Waals surface area contributed by atoms with Gasteiger partial charge >= 0.3 is 0 Å². The van der Waals surface area contributed by atoms with E-state index in [4.69, 9.17) is 27.9 Å². The zero-order valence-electron chi connectivity index (χ0n) is 33.8. The molecule has 12 nitrogen and oxygen atoms in total. The number of nitro groups is 1. The summed E-state index contributed by atoms with van der Waals surface area (Å²) in [6, 6.07) is 28.5. The van der Waals surface area contributed by atoms with E-state index in [2.05, 4.69) is 55.8 Å². The Balaban J connectivity index is 0.990. The normalized spacial score (nSPS) is 16.0. The molecule has 2 aliphatic rings. The second kappa shape index (κ2) is 18.1. The summed E-state index contributed by atoms with van der Waals surface area (Å²) in [5.74, 6) is -0.0269. The number of carbonyl (C=O) groups excluding carboxylic acids is 1. The van der Waals surface area contributed by atoms with Crippen molar-refractivity contribution in [2.24, 2.45) is 5.41 Å². The first-order valence-electron chi connectivity index (χ1n) is 20.1. The van der Waals surface area contributed by atoms with E-state index in [1.165, 1.54) is 34.9 Å². The summed E-state index contributed by atoms with van der Waals surface area (Å²) in [5.41, 5.74) is 6.83. The van der Waals surface area contributed by atoms with E-state index in [0.29, 0.717) is 22.0 Å². The van der Waals surface area contributed by atoms with Crippen molar-refractivity contribution in [1.29, 1.82) is 0 Å². The molecule has 61 heavy (non-hydrogen) atoms. The second-order valence-corrected chi connectivity index (χ2v) is 18.2. The Labute approximate surface area is 366 Å². The molecule has 3 heterocycles. The molecule has 1 aliphatic heterocycles. The van der Waals surface area contributed by atoms with E-state index in [9.17, 15) is 19.1 Å². The zero-order chi connectivity index (χ0) is 42.7. The van der Waals surface area contributed by atoms with Crippen molar-refractivity contribution in [3.8, 4) is 11.5 Å². The number of ether oxygens (including phenoxy) is 1. The van der Waals surface area contributed by atoms with E-state index >= 15 is 0 Å². The summed E-state index contributed by atoms with van der Waals surface area (Å²) in [7, 11) is -2.10. The van der Waals surface area contributed by atoms with Crippen molar-refractivity contribution < 1.29 is 18.7 Å². The Morgan fingerprint density at radius 1 is 0.951 bits per heavy atom. The fourth-order valence-corrected chi connectivity index (χ4v) is 9.04. The average molecular weight is 879 g/mol. The molecule has 8 rings (SSSR count). The van der Waals surface area contributed by atoms with Crippen LogP contribution >= 0.6 is 23.2 Å². The first-order valence-corrected chi connectivity index (χ1v) is 22.0. The van der Waals surface area contributed by atoms with Crippen molar-refractivity contribution in [3.05, 3.63) is 152 Å². The molecular weight excluding hydrogens is 834 g/mol. The monoisotopic (exact) mass is 877 g/mol. The van der Waals surface area contributed by atoms with Gasteiger partial charge in [0.1, 0.15) is 22.0 Å². The first kappa shape index (κ1) is 42.0.